The van der Waals surface area contributed by atoms with Gasteiger partial charge in [0.2, 0.25) is 0 Å². The number of para-hydroxylation sites is 1. The van der Waals surface area contributed by atoms with Crippen LogP contribution >= 0.6 is 0 Å². The summed E-state index contributed by atoms with van der Waals surface area (Å²) in [6.45, 7) is 1.86. The van der Waals surface area contributed by atoms with E-state index in [1.165, 1.54) is 18.2 Å². The Kier molecular flexibility index (Phi) is 5.33. The molecular weight excluding hydrogens is 358 g/mol. The number of hydrogen-bond acceptors (Lipinski definition) is 5. The second kappa shape index (κ2) is 8.01. The molecule has 7 heteroatoms. The van der Waals surface area contributed by atoms with Gasteiger partial charge in [0.05, 0.1) is 4.92 Å². The lowest BCUT2D eigenvalue weighted by molar-refractivity contribution is -0.384. The van der Waals surface area contributed by atoms with Crippen molar-refractivity contribution in [2.24, 2.45) is 0 Å². The van der Waals surface area contributed by atoms with Crippen LogP contribution in [0.4, 0.5) is 11.4 Å². The van der Waals surface area contributed by atoms with Crippen LogP contribution < -0.4 is 5.32 Å². The topological polar surface area (TPSA) is 109 Å². The van der Waals surface area contributed by atoms with Crippen LogP contribution in [0.15, 0.2) is 70.7 Å². The largest absolute Gasteiger partial charge is 0.457 e. The molecule has 0 aliphatic rings. The molecule has 0 radical (unpaired) electrons. The summed E-state index contributed by atoms with van der Waals surface area (Å²) < 4.78 is 5.65. The summed E-state index contributed by atoms with van der Waals surface area (Å²) in [5.74, 6) is 0.257. The quantitative estimate of drug-likeness (QED) is 0.301. The second-order valence-corrected chi connectivity index (χ2v) is 5.94. The molecule has 3 rings (SSSR count). The van der Waals surface area contributed by atoms with E-state index < -0.39 is 10.8 Å². The van der Waals surface area contributed by atoms with Gasteiger partial charge in [0.1, 0.15) is 23.2 Å². The van der Waals surface area contributed by atoms with E-state index in [9.17, 15) is 20.2 Å². The summed E-state index contributed by atoms with van der Waals surface area (Å²) >= 11 is 0. The van der Waals surface area contributed by atoms with Crippen molar-refractivity contribution >= 4 is 23.4 Å². The SMILES string of the molecule is Cc1ccccc1NC(=O)/C(C#N)=C/c1ccc(-c2ccc([N+](=O)[O-])cc2)o1. The number of aryl methyl sites for hydroxylation is 1. The third kappa shape index (κ3) is 4.14. The Labute approximate surface area is 160 Å². The molecule has 2 aromatic carbocycles. The number of hydrogen-bond donors (Lipinski definition) is 1. The molecule has 0 bridgehead atoms. The third-order valence-corrected chi connectivity index (χ3v) is 4.03. The number of nitro groups is 1. The summed E-state index contributed by atoms with van der Waals surface area (Å²) in [6.07, 6.45) is 1.35. The van der Waals surface area contributed by atoms with Crippen LogP contribution in [0.3, 0.4) is 0 Å². The monoisotopic (exact) mass is 373 g/mol. The fourth-order valence-corrected chi connectivity index (χ4v) is 2.53. The molecule has 1 amide bonds. The number of carbonyl (C=O) groups is 1. The Morgan fingerprint density at radius 1 is 1.14 bits per heavy atom. The van der Waals surface area contributed by atoms with Crippen molar-refractivity contribution in [3.8, 4) is 17.4 Å². The molecule has 0 fully saturated rings. The maximum absolute atomic E-state index is 12.4. The van der Waals surface area contributed by atoms with Gasteiger partial charge in [-0.15, -0.1) is 0 Å². The van der Waals surface area contributed by atoms with Crippen LogP contribution in [0.1, 0.15) is 11.3 Å². The summed E-state index contributed by atoms with van der Waals surface area (Å²) in [6, 6.07) is 18.3. The van der Waals surface area contributed by atoms with Crippen molar-refractivity contribution in [3.05, 3.63) is 87.7 Å². The van der Waals surface area contributed by atoms with Gasteiger partial charge in [0, 0.05) is 29.5 Å². The van der Waals surface area contributed by atoms with Crippen LogP contribution in [0, 0.1) is 28.4 Å². The maximum Gasteiger partial charge on any atom is 0.269 e. The van der Waals surface area contributed by atoms with Gasteiger partial charge in [-0.05, 0) is 42.8 Å². The number of nitrogens with zero attached hydrogens (tertiary/aromatic N) is 2. The van der Waals surface area contributed by atoms with E-state index in [4.69, 9.17) is 4.42 Å². The van der Waals surface area contributed by atoms with Crippen LogP contribution in [0.25, 0.3) is 17.4 Å². The number of amides is 1. The van der Waals surface area contributed by atoms with Gasteiger partial charge >= 0.3 is 0 Å². The van der Waals surface area contributed by atoms with Gasteiger partial charge < -0.3 is 9.73 Å². The van der Waals surface area contributed by atoms with E-state index in [1.54, 1.807) is 36.4 Å². The van der Waals surface area contributed by atoms with Crippen molar-refractivity contribution in [2.45, 2.75) is 6.92 Å². The van der Waals surface area contributed by atoms with Crippen molar-refractivity contribution in [1.29, 1.82) is 5.26 Å². The van der Waals surface area contributed by atoms with Gasteiger partial charge in [-0.3, -0.25) is 14.9 Å². The van der Waals surface area contributed by atoms with E-state index in [0.717, 1.165) is 5.56 Å². The third-order valence-electron chi connectivity index (χ3n) is 4.03. The van der Waals surface area contributed by atoms with Crippen LogP contribution in [0.2, 0.25) is 0 Å². The Morgan fingerprint density at radius 3 is 2.50 bits per heavy atom. The fraction of sp³-hybridized carbons (Fsp3) is 0.0476. The average Bonchev–Trinajstić information content (AvgIpc) is 3.16. The Balaban J connectivity index is 1.80. The highest BCUT2D eigenvalue weighted by atomic mass is 16.6. The zero-order valence-corrected chi connectivity index (χ0v) is 14.9. The van der Waals surface area contributed by atoms with Crippen molar-refractivity contribution in [1.82, 2.24) is 0 Å². The number of non-ortho nitro benzene ring substituents is 1. The normalized spacial score (nSPS) is 10.9. The van der Waals surface area contributed by atoms with Crippen molar-refractivity contribution < 1.29 is 14.1 Å². The number of anilines is 1. The summed E-state index contributed by atoms with van der Waals surface area (Å²) in [5, 5.41) is 22.8. The lowest BCUT2D eigenvalue weighted by atomic mass is 10.1. The molecule has 0 spiro atoms. The minimum atomic E-state index is -0.537. The van der Waals surface area contributed by atoms with Gasteiger partial charge in [-0.2, -0.15) is 5.26 Å². The zero-order valence-electron chi connectivity index (χ0n) is 14.9. The van der Waals surface area contributed by atoms with E-state index in [0.29, 0.717) is 22.8 Å². The van der Waals surface area contributed by atoms with Crippen molar-refractivity contribution in [3.63, 3.8) is 0 Å². The molecule has 138 valence electrons. The molecule has 7 nitrogen and oxygen atoms in total. The van der Waals surface area contributed by atoms with E-state index in [2.05, 4.69) is 5.32 Å². The molecule has 1 heterocycles. The first kappa shape index (κ1) is 18.6. The zero-order chi connectivity index (χ0) is 20.1. The predicted molar refractivity (Wildman–Crippen MR) is 104 cm³/mol. The minimum absolute atomic E-state index is 0.0185. The van der Waals surface area contributed by atoms with Gasteiger partial charge in [-0.25, -0.2) is 0 Å². The molecule has 0 saturated heterocycles. The van der Waals surface area contributed by atoms with Gasteiger partial charge in [0.15, 0.2) is 0 Å². The summed E-state index contributed by atoms with van der Waals surface area (Å²) in [7, 11) is 0. The smallest absolute Gasteiger partial charge is 0.269 e. The molecule has 1 N–H and O–H groups in total. The Hall–Kier alpha value is -4.18. The highest BCUT2D eigenvalue weighted by Gasteiger charge is 2.13. The fourth-order valence-electron chi connectivity index (χ4n) is 2.53. The highest BCUT2D eigenvalue weighted by Crippen LogP contribution is 2.25. The molecule has 28 heavy (non-hydrogen) atoms. The lowest BCUT2D eigenvalue weighted by Gasteiger charge is -2.06. The minimum Gasteiger partial charge on any atom is -0.457 e. The van der Waals surface area contributed by atoms with E-state index in [-0.39, 0.29) is 11.3 Å². The van der Waals surface area contributed by atoms with Crippen LogP contribution in [-0.2, 0) is 4.79 Å². The first-order chi connectivity index (χ1) is 13.5. The first-order valence-electron chi connectivity index (χ1n) is 8.31. The highest BCUT2D eigenvalue weighted by molar-refractivity contribution is 6.09. The van der Waals surface area contributed by atoms with Gasteiger partial charge in [0.25, 0.3) is 11.6 Å². The van der Waals surface area contributed by atoms with Crippen LogP contribution in [-0.4, -0.2) is 10.8 Å². The lowest BCUT2D eigenvalue weighted by Crippen LogP contribution is -2.14. The second-order valence-electron chi connectivity index (χ2n) is 5.94. The first-order valence-corrected chi connectivity index (χ1v) is 8.31. The Bertz CT molecular complexity index is 1110. The molecule has 3 aromatic rings. The number of benzene rings is 2. The van der Waals surface area contributed by atoms with E-state index >= 15 is 0 Å². The number of nitro benzene ring substituents is 1. The summed E-state index contributed by atoms with van der Waals surface area (Å²) in [5.41, 5.74) is 2.03. The van der Waals surface area contributed by atoms with E-state index in [1.807, 2.05) is 25.1 Å². The molecule has 0 atom stereocenters. The standard InChI is InChI=1S/C21H15N3O4/c1-14-4-2-3-5-19(14)23-21(25)16(13-22)12-18-10-11-20(28-18)15-6-8-17(9-7-15)24(26)27/h2-12H,1H3,(H,23,25)/b16-12+. The molecule has 0 saturated carbocycles. The maximum atomic E-state index is 12.4. The molecular formula is C21H15N3O4. The summed E-state index contributed by atoms with van der Waals surface area (Å²) in [4.78, 5) is 22.6. The molecule has 0 aliphatic heterocycles. The predicted octanol–water partition coefficient (Wildman–Crippen LogP) is 4.71. The number of nitriles is 1. The van der Waals surface area contributed by atoms with Crippen LogP contribution in [0.5, 0.6) is 0 Å². The number of rotatable bonds is 5. The molecule has 0 unspecified atom stereocenters. The molecule has 1 aromatic heterocycles. The van der Waals surface area contributed by atoms with Gasteiger partial charge in [-0.1, -0.05) is 18.2 Å². The number of nitrogens with one attached hydrogen (secondary N) is 1. The Morgan fingerprint density at radius 2 is 1.86 bits per heavy atom. The number of carbonyl (C=O) groups excluding carboxylic acids is 1. The number of furan rings is 1. The van der Waals surface area contributed by atoms with Crippen molar-refractivity contribution in [2.75, 3.05) is 5.32 Å². The average molecular weight is 373 g/mol. The molecule has 0 aliphatic carbocycles.